The molecular formula is C13H19N3O3S. The van der Waals surface area contributed by atoms with E-state index in [-0.39, 0.29) is 4.90 Å². The summed E-state index contributed by atoms with van der Waals surface area (Å²) in [5.41, 5.74) is 0.462. The average Bonchev–Trinajstić information content (AvgIpc) is 2.47. The molecule has 0 aliphatic heterocycles. The molecule has 0 amide bonds. The van der Waals surface area contributed by atoms with Crippen LogP contribution < -0.4 is 10.6 Å². The molecule has 0 saturated heterocycles. The molecule has 1 rings (SSSR count). The Balaban J connectivity index is 2.87. The maximum Gasteiger partial charge on any atom is 0.282 e. The second kappa shape index (κ2) is 7.64. The number of benzene rings is 1. The number of rotatable bonds is 7. The van der Waals surface area contributed by atoms with E-state index in [1.54, 1.807) is 12.1 Å². The van der Waals surface area contributed by atoms with Gasteiger partial charge in [0.15, 0.2) is 0 Å². The van der Waals surface area contributed by atoms with Gasteiger partial charge in [-0.3, -0.25) is 0 Å². The van der Waals surface area contributed by atoms with Crippen molar-refractivity contribution in [2.75, 3.05) is 7.11 Å². The molecule has 0 saturated carbocycles. The zero-order valence-corrected chi connectivity index (χ0v) is 12.4. The Kier molecular flexibility index (Phi) is 6.17. The van der Waals surface area contributed by atoms with E-state index in [1.165, 1.54) is 25.5 Å². The van der Waals surface area contributed by atoms with Crippen LogP contribution in [0.4, 0.5) is 0 Å². The van der Waals surface area contributed by atoms with E-state index in [0.717, 1.165) is 12.8 Å². The summed E-state index contributed by atoms with van der Waals surface area (Å²) in [6, 6.07) is 6.02. The molecule has 6 nitrogen and oxygen atoms in total. The Morgan fingerprint density at radius 2 is 2.00 bits per heavy atom. The molecule has 0 unspecified atom stereocenters. The lowest BCUT2D eigenvalue weighted by Gasteiger charge is -2.02. The van der Waals surface area contributed by atoms with Gasteiger partial charge in [-0.25, -0.2) is 0 Å². The summed E-state index contributed by atoms with van der Waals surface area (Å²) in [6.45, 7) is 2.03. The molecule has 2 N–H and O–H groups in total. The van der Waals surface area contributed by atoms with Gasteiger partial charge in [-0.2, -0.15) is 17.9 Å². The Morgan fingerprint density at radius 1 is 1.35 bits per heavy atom. The van der Waals surface area contributed by atoms with Crippen LogP contribution in [0.3, 0.4) is 0 Å². The summed E-state index contributed by atoms with van der Waals surface area (Å²) >= 11 is 0. The largest absolute Gasteiger partial charge is 0.497 e. The lowest BCUT2D eigenvalue weighted by molar-refractivity contribution is 0.414. The number of nitrogens with zero attached hydrogens (tertiary/aromatic N) is 2. The fraction of sp³-hybridized carbons (Fsp3) is 0.385. The first kappa shape index (κ1) is 16.2. The number of methoxy groups -OCH3 is 1. The van der Waals surface area contributed by atoms with Gasteiger partial charge in [0.05, 0.1) is 23.9 Å². The van der Waals surface area contributed by atoms with E-state index in [9.17, 15) is 8.42 Å². The molecule has 0 heterocycles. The van der Waals surface area contributed by atoms with Crippen LogP contribution in [0.5, 0.6) is 5.75 Å². The topological polar surface area (TPSA) is 94.1 Å². The Hall–Kier alpha value is -1.89. The van der Waals surface area contributed by atoms with Crippen molar-refractivity contribution in [3.05, 3.63) is 24.3 Å². The summed E-state index contributed by atoms with van der Waals surface area (Å²) in [4.78, 5) is 0.0985. The highest BCUT2D eigenvalue weighted by Gasteiger charge is 2.12. The van der Waals surface area contributed by atoms with Crippen LogP contribution in [0.15, 0.2) is 38.7 Å². The van der Waals surface area contributed by atoms with Gasteiger partial charge in [-0.1, -0.05) is 13.3 Å². The lowest BCUT2D eigenvalue weighted by atomic mass is 10.2. The van der Waals surface area contributed by atoms with E-state index < -0.39 is 10.0 Å². The second-order valence-corrected chi connectivity index (χ2v) is 5.74. The van der Waals surface area contributed by atoms with Gasteiger partial charge in [-0.05, 0) is 37.1 Å². The van der Waals surface area contributed by atoms with Crippen LogP contribution >= 0.6 is 0 Å². The molecule has 110 valence electrons. The molecule has 0 atom stereocenters. The quantitative estimate of drug-likeness (QED) is 0.473. The van der Waals surface area contributed by atoms with Crippen molar-refractivity contribution in [2.45, 2.75) is 31.1 Å². The molecule has 7 heteroatoms. The lowest BCUT2D eigenvalue weighted by Crippen LogP contribution is -2.06. The van der Waals surface area contributed by atoms with Gasteiger partial charge in [0, 0.05) is 0 Å². The van der Waals surface area contributed by atoms with Gasteiger partial charge < -0.3 is 10.6 Å². The monoisotopic (exact) mass is 297 g/mol. The van der Waals surface area contributed by atoms with E-state index in [1.807, 2.05) is 6.92 Å². The van der Waals surface area contributed by atoms with E-state index in [2.05, 4.69) is 9.50 Å². The van der Waals surface area contributed by atoms with Crippen LogP contribution in [0, 0.1) is 0 Å². The first-order valence-corrected chi connectivity index (χ1v) is 7.68. The van der Waals surface area contributed by atoms with Crippen molar-refractivity contribution in [2.24, 2.45) is 15.3 Å². The van der Waals surface area contributed by atoms with Gasteiger partial charge in [0.2, 0.25) is 0 Å². The van der Waals surface area contributed by atoms with Crippen molar-refractivity contribution in [1.29, 1.82) is 0 Å². The fourth-order valence-corrected chi connectivity index (χ4v) is 2.32. The van der Waals surface area contributed by atoms with E-state index >= 15 is 0 Å². The third-order valence-electron chi connectivity index (χ3n) is 2.65. The molecule has 20 heavy (non-hydrogen) atoms. The number of nitrogens with two attached hydrogens (primary N) is 1. The van der Waals surface area contributed by atoms with Crippen LogP contribution in [0.2, 0.25) is 0 Å². The van der Waals surface area contributed by atoms with Crippen molar-refractivity contribution in [3.8, 4) is 5.75 Å². The smallest absolute Gasteiger partial charge is 0.282 e. The minimum absolute atomic E-state index is 0.0985. The predicted octanol–water partition coefficient (Wildman–Crippen LogP) is 1.96. The zero-order valence-electron chi connectivity index (χ0n) is 11.6. The number of hydrogen-bond acceptors (Lipinski definition) is 5. The molecule has 0 radical (unpaired) electrons. The number of sulfonamides is 1. The molecule has 1 aromatic rings. The highest BCUT2D eigenvalue weighted by Crippen LogP contribution is 2.17. The molecule has 0 aliphatic rings. The SMILES string of the molecule is CCCCC(/C=N/S(=O)(=O)c1ccc(OC)cc1)=N/N. The highest BCUT2D eigenvalue weighted by molar-refractivity contribution is 7.90. The third-order valence-corrected chi connectivity index (χ3v) is 3.90. The zero-order chi connectivity index (χ0) is 15.0. The Labute approximate surface area is 119 Å². The van der Waals surface area contributed by atoms with Crippen molar-refractivity contribution in [3.63, 3.8) is 0 Å². The third kappa shape index (κ3) is 4.65. The summed E-state index contributed by atoms with van der Waals surface area (Å²) < 4.78 is 32.6. The van der Waals surface area contributed by atoms with Gasteiger partial charge in [0.1, 0.15) is 5.75 Å². The minimum atomic E-state index is -3.74. The number of unbranched alkanes of at least 4 members (excludes halogenated alkanes) is 1. The van der Waals surface area contributed by atoms with Crippen LogP contribution in [0.25, 0.3) is 0 Å². The normalized spacial score (nSPS) is 12.8. The molecule has 1 aromatic carbocycles. The van der Waals surface area contributed by atoms with Crippen molar-refractivity contribution >= 4 is 21.9 Å². The van der Waals surface area contributed by atoms with Crippen molar-refractivity contribution in [1.82, 2.24) is 0 Å². The highest BCUT2D eigenvalue weighted by atomic mass is 32.2. The summed E-state index contributed by atoms with van der Waals surface area (Å²) in [5, 5.41) is 3.53. The van der Waals surface area contributed by atoms with Gasteiger partial charge >= 0.3 is 0 Å². The van der Waals surface area contributed by atoms with Gasteiger partial charge in [0.25, 0.3) is 10.0 Å². The minimum Gasteiger partial charge on any atom is -0.497 e. The standard InChI is InChI=1S/C13H19N3O3S/c1-3-4-5-11(16-14)10-15-20(17,18)13-8-6-12(19-2)7-9-13/h6-10H,3-5,14H2,1-2H3/b15-10+,16-11-. The predicted molar refractivity (Wildman–Crippen MR) is 79.8 cm³/mol. The first-order chi connectivity index (χ1) is 9.53. The van der Waals surface area contributed by atoms with Crippen molar-refractivity contribution < 1.29 is 13.2 Å². The summed E-state index contributed by atoms with van der Waals surface area (Å²) in [5.74, 6) is 5.79. The molecular weight excluding hydrogens is 278 g/mol. The van der Waals surface area contributed by atoms with Gasteiger partial charge in [-0.15, -0.1) is 0 Å². The molecule has 0 aromatic heterocycles. The van der Waals surface area contributed by atoms with Crippen LogP contribution in [0.1, 0.15) is 26.2 Å². The Morgan fingerprint density at radius 3 is 2.50 bits per heavy atom. The number of hydrogen-bond donors (Lipinski definition) is 1. The number of ether oxygens (including phenoxy) is 1. The fourth-order valence-electron chi connectivity index (χ4n) is 1.46. The summed E-state index contributed by atoms with van der Waals surface area (Å²) in [7, 11) is -2.22. The van der Waals surface area contributed by atoms with Crippen LogP contribution in [-0.4, -0.2) is 27.5 Å². The van der Waals surface area contributed by atoms with E-state index in [4.69, 9.17) is 10.6 Å². The maximum atomic E-state index is 12.0. The average molecular weight is 297 g/mol. The van der Waals surface area contributed by atoms with E-state index in [0.29, 0.717) is 17.9 Å². The number of hydrazone groups is 1. The molecule has 0 bridgehead atoms. The Bertz CT molecular complexity index is 577. The molecule has 0 aliphatic carbocycles. The molecule has 0 spiro atoms. The maximum absolute atomic E-state index is 12.0. The molecule has 0 fully saturated rings. The van der Waals surface area contributed by atoms with Crippen LogP contribution in [-0.2, 0) is 10.0 Å². The summed E-state index contributed by atoms with van der Waals surface area (Å²) in [6.07, 6.45) is 3.66. The first-order valence-electron chi connectivity index (χ1n) is 6.24. The second-order valence-electron chi connectivity index (χ2n) is 4.11.